The zero-order valence-electron chi connectivity index (χ0n) is 12.8. The monoisotopic (exact) mass is 264 g/mol. The Morgan fingerprint density at radius 3 is 2.47 bits per heavy atom. The maximum absolute atomic E-state index is 12.5. The first-order chi connectivity index (χ1) is 8.84. The molecule has 2 saturated carbocycles. The zero-order chi connectivity index (χ0) is 13.8. The molecular weight excluding hydrogens is 236 g/mol. The average Bonchev–Trinajstić information content (AvgIpc) is 2.73. The Labute approximate surface area is 116 Å². The molecule has 3 nitrogen and oxygen atoms in total. The minimum atomic E-state index is 0.153. The molecule has 3 aliphatic rings. The third-order valence-electron chi connectivity index (χ3n) is 6.49. The highest BCUT2D eigenvalue weighted by Crippen LogP contribution is 2.62. The van der Waals surface area contributed by atoms with Crippen LogP contribution in [0, 0.1) is 28.6 Å². The molecule has 1 amide bonds. The molecule has 0 radical (unpaired) electrons. The van der Waals surface area contributed by atoms with Crippen LogP contribution in [0.4, 0.5) is 0 Å². The Kier molecular flexibility index (Phi) is 2.97. The van der Waals surface area contributed by atoms with Crippen LogP contribution in [-0.4, -0.2) is 25.0 Å². The Morgan fingerprint density at radius 2 is 2.00 bits per heavy atom. The zero-order valence-corrected chi connectivity index (χ0v) is 12.8. The van der Waals surface area contributed by atoms with Gasteiger partial charge in [0.25, 0.3) is 0 Å². The van der Waals surface area contributed by atoms with Crippen LogP contribution >= 0.6 is 0 Å². The number of hydrogen-bond acceptors (Lipinski definition) is 2. The summed E-state index contributed by atoms with van der Waals surface area (Å²) in [4.78, 5) is 12.5. The lowest BCUT2D eigenvalue weighted by Crippen LogP contribution is -2.56. The van der Waals surface area contributed by atoms with Gasteiger partial charge in [-0.25, -0.2) is 0 Å². The van der Waals surface area contributed by atoms with Crippen molar-refractivity contribution in [2.75, 3.05) is 13.1 Å². The van der Waals surface area contributed by atoms with Gasteiger partial charge in [0, 0.05) is 12.0 Å². The van der Waals surface area contributed by atoms with Gasteiger partial charge in [0.15, 0.2) is 0 Å². The summed E-state index contributed by atoms with van der Waals surface area (Å²) in [6.07, 6.45) is 3.92. The molecule has 0 aromatic heterocycles. The SMILES string of the molecule is CC(C(=O)NC1C2(C)CCC(C2)C1(C)C)C1CNC1. The van der Waals surface area contributed by atoms with Gasteiger partial charge < -0.3 is 10.6 Å². The van der Waals surface area contributed by atoms with E-state index in [0.29, 0.717) is 17.4 Å². The van der Waals surface area contributed by atoms with Crippen molar-refractivity contribution in [3.63, 3.8) is 0 Å². The summed E-state index contributed by atoms with van der Waals surface area (Å²) in [5.74, 6) is 1.76. The van der Waals surface area contributed by atoms with Crippen molar-refractivity contribution < 1.29 is 4.79 Å². The van der Waals surface area contributed by atoms with Gasteiger partial charge in [-0.05, 0) is 55.0 Å². The molecule has 0 spiro atoms. The summed E-state index contributed by atoms with van der Waals surface area (Å²) < 4.78 is 0. The summed E-state index contributed by atoms with van der Waals surface area (Å²) in [5, 5.41) is 6.68. The lowest BCUT2D eigenvalue weighted by molar-refractivity contribution is -0.129. The Bertz CT molecular complexity index is 383. The van der Waals surface area contributed by atoms with Gasteiger partial charge in [0.1, 0.15) is 0 Å². The van der Waals surface area contributed by atoms with Crippen molar-refractivity contribution in [1.29, 1.82) is 0 Å². The molecule has 2 aliphatic carbocycles. The van der Waals surface area contributed by atoms with E-state index in [1.807, 2.05) is 0 Å². The molecule has 3 fully saturated rings. The standard InChI is InChI=1S/C16H28N2O/c1-10(11-8-17-9-11)13(19)18-14-15(2,3)12-5-6-16(14,4)7-12/h10-12,14,17H,5-9H2,1-4H3,(H,18,19). The van der Waals surface area contributed by atoms with Gasteiger partial charge in [-0.2, -0.15) is 0 Å². The number of carbonyl (C=O) groups is 1. The Hall–Kier alpha value is -0.570. The minimum Gasteiger partial charge on any atom is -0.352 e. The molecule has 3 rings (SSSR count). The van der Waals surface area contributed by atoms with Gasteiger partial charge in [-0.15, -0.1) is 0 Å². The van der Waals surface area contributed by atoms with Crippen LogP contribution in [-0.2, 0) is 4.79 Å². The molecule has 0 aromatic rings. The molecule has 108 valence electrons. The van der Waals surface area contributed by atoms with Gasteiger partial charge in [0.2, 0.25) is 5.91 Å². The topological polar surface area (TPSA) is 41.1 Å². The maximum atomic E-state index is 12.5. The van der Waals surface area contributed by atoms with E-state index >= 15 is 0 Å². The molecule has 1 saturated heterocycles. The fraction of sp³-hybridized carbons (Fsp3) is 0.938. The summed E-state index contributed by atoms with van der Waals surface area (Å²) >= 11 is 0. The fourth-order valence-electron chi connectivity index (χ4n) is 4.81. The maximum Gasteiger partial charge on any atom is 0.223 e. The number of fused-ring (bicyclic) bond motifs is 2. The molecule has 1 aliphatic heterocycles. The molecule has 4 atom stereocenters. The van der Waals surface area contributed by atoms with E-state index in [1.54, 1.807) is 0 Å². The third-order valence-corrected chi connectivity index (χ3v) is 6.49. The van der Waals surface area contributed by atoms with E-state index in [0.717, 1.165) is 19.0 Å². The summed E-state index contributed by atoms with van der Waals surface area (Å²) in [6, 6.07) is 0.363. The first-order valence-electron chi connectivity index (χ1n) is 7.86. The predicted octanol–water partition coefficient (Wildman–Crippen LogP) is 2.17. The second-order valence-electron chi connectivity index (χ2n) is 8.06. The lowest BCUT2D eigenvalue weighted by Gasteiger charge is -2.44. The van der Waals surface area contributed by atoms with E-state index in [9.17, 15) is 4.79 Å². The van der Waals surface area contributed by atoms with Crippen LogP contribution in [0.15, 0.2) is 0 Å². The van der Waals surface area contributed by atoms with Gasteiger partial charge >= 0.3 is 0 Å². The van der Waals surface area contributed by atoms with Gasteiger partial charge in [-0.1, -0.05) is 27.7 Å². The van der Waals surface area contributed by atoms with Crippen molar-refractivity contribution in [2.24, 2.45) is 28.6 Å². The molecule has 2 N–H and O–H groups in total. The number of nitrogens with one attached hydrogen (secondary N) is 2. The van der Waals surface area contributed by atoms with Crippen LogP contribution in [0.25, 0.3) is 0 Å². The number of amides is 1. The molecular formula is C16H28N2O. The largest absolute Gasteiger partial charge is 0.352 e. The normalized spacial score (nSPS) is 41.9. The van der Waals surface area contributed by atoms with Crippen LogP contribution in [0.1, 0.15) is 47.0 Å². The van der Waals surface area contributed by atoms with Crippen LogP contribution < -0.4 is 10.6 Å². The number of hydrogen-bond donors (Lipinski definition) is 2. The van der Waals surface area contributed by atoms with E-state index in [1.165, 1.54) is 19.3 Å². The molecule has 1 heterocycles. The summed E-state index contributed by atoms with van der Waals surface area (Å²) in [7, 11) is 0. The molecule has 19 heavy (non-hydrogen) atoms. The van der Waals surface area contributed by atoms with E-state index < -0.39 is 0 Å². The molecule has 0 aromatic carbocycles. The molecule has 4 unspecified atom stereocenters. The number of carbonyl (C=O) groups excluding carboxylic acids is 1. The Balaban J connectivity index is 1.70. The van der Waals surface area contributed by atoms with E-state index in [-0.39, 0.29) is 17.2 Å². The van der Waals surface area contributed by atoms with E-state index in [2.05, 4.69) is 38.3 Å². The van der Waals surface area contributed by atoms with Crippen LogP contribution in [0.3, 0.4) is 0 Å². The van der Waals surface area contributed by atoms with E-state index in [4.69, 9.17) is 0 Å². The predicted molar refractivity (Wildman–Crippen MR) is 76.7 cm³/mol. The van der Waals surface area contributed by atoms with Crippen molar-refractivity contribution in [2.45, 2.75) is 53.0 Å². The highest BCUT2D eigenvalue weighted by molar-refractivity contribution is 5.79. The summed E-state index contributed by atoms with van der Waals surface area (Å²) in [5.41, 5.74) is 0.599. The average molecular weight is 264 g/mol. The Morgan fingerprint density at radius 1 is 1.32 bits per heavy atom. The van der Waals surface area contributed by atoms with Crippen LogP contribution in [0.2, 0.25) is 0 Å². The van der Waals surface area contributed by atoms with Crippen molar-refractivity contribution in [1.82, 2.24) is 10.6 Å². The summed E-state index contributed by atoms with van der Waals surface area (Å²) in [6.45, 7) is 11.2. The lowest BCUT2D eigenvalue weighted by atomic mass is 9.68. The quantitative estimate of drug-likeness (QED) is 0.820. The van der Waals surface area contributed by atoms with Crippen LogP contribution in [0.5, 0.6) is 0 Å². The van der Waals surface area contributed by atoms with Crippen molar-refractivity contribution >= 4 is 5.91 Å². The smallest absolute Gasteiger partial charge is 0.223 e. The van der Waals surface area contributed by atoms with Gasteiger partial charge in [-0.3, -0.25) is 4.79 Å². The van der Waals surface area contributed by atoms with Crippen molar-refractivity contribution in [3.8, 4) is 0 Å². The first-order valence-corrected chi connectivity index (χ1v) is 7.86. The third kappa shape index (κ3) is 1.93. The fourth-order valence-corrected chi connectivity index (χ4v) is 4.81. The van der Waals surface area contributed by atoms with Gasteiger partial charge in [0.05, 0.1) is 0 Å². The highest BCUT2D eigenvalue weighted by atomic mass is 16.2. The second-order valence-corrected chi connectivity index (χ2v) is 8.06. The van der Waals surface area contributed by atoms with Crippen molar-refractivity contribution in [3.05, 3.63) is 0 Å². The first kappa shape index (κ1) is 13.4. The number of rotatable bonds is 3. The highest BCUT2D eigenvalue weighted by Gasteiger charge is 2.59. The minimum absolute atomic E-state index is 0.153. The molecule has 2 bridgehead atoms. The molecule has 3 heteroatoms. The second kappa shape index (κ2) is 4.21.